The summed E-state index contributed by atoms with van der Waals surface area (Å²) in [6.07, 6.45) is 1.22. The fourth-order valence-electron chi connectivity index (χ4n) is 2.54. The van der Waals surface area contributed by atoms with E-state index in [4.69, 9.17) is 5.73 Å². The lowest BCUT2D eigenvalue weighted by atomic mass is 10.1. The van der Waals surface area contributed by atoms with Crippen LogP contribution < -0.4 is 5.73 Å². The maximum Gasteiger partial charge on any atom is 0.146 e. The van der Waals surface area contributed by atoms with E-state index in [1.165, 1.54) is 12.5 Å². The molecular formula is C13H19FN2. The van der Waals surface area contributed by atoms with E-state index >= 15 is 0 Å². The largest absolute Gasteiger partial charge is 0.396 e. The van der Waals surface area contributed by atoms with Crippen LogP contribution in [0.4, 0.5) is 10.1 Å². The minimum Gasteiger partial charge on any atom is -0.396 e. The fraction of sp³-hybridized carbons (Fsp3) is 0.538. The van der Waals surface area contributed by atoms with Gasteiger partial charge in [-0.05, 0) is 30.9 Å². The fourth-order valence-corrected chi connectivity index (χ4v) is 2.54. The zero-order chi connectivity index (χ0) is 11.7. The Morgan fingerprint density at radius 2 is 2.19 bits per heavy atom. The number of hydrogen-bond donors (Lipinski definition) is 1. The van der Waals surface area contributed by atoms with Gasteiger partial charge in [0, 0.05) is 19.1 Å². The summed E-state index contributed by atoms with van der Waals surface area (Å²) in [4.78, 5) is 2.37. The van der Waals surface area contributed by atoms with Crippen molar-refractivity contribution in [2.75, 3.05) is 12.3 Å². The van der Waals surface area contributed by atoms with Gasteiger partial charge in [0.05, 0.1) is 5.69 Å². The van der Waals surface area contributed by atoms with E-state index < -0.39 is 0 Å². The molecule has 0 spiro atoms. The molecule has 3 heteroatoms. The minimum atomic E-state index is -0.308. The minimum absolute atomic E-state index is 0.300. The van der Waals surface area contributed by atoms with Crippen LogP contribution in [0.25, 0.3) is 0 Å². The number of halogens is 1. The monoisotopic (exact) mass is 222 g/mol. The Kier molecular flexibility index (Phi) is 3.15. The van der Waals surface area contributed by atoms with E-state index in [9.17, 15) is 4.39 Å². The highest BCUT2D eigenvalue weighted by molar-refractivity contribution is 5.47. The molecule has 1 aromatic rings. The van der Waals surface area contributed by atoms with Gasteiger partial charge in [0.1, 0.15) is 5.82 Å². The highest BCUT2D eigenvalue weighted by Crippen LogP contribution is 2.26. The van der Waals surface area contributed by atoms with E-state index in [0.717, 1.165) is 24.6 Å². The molecule has 1 fully saturated rings. The number of para-hydroxylation sites is 1. The SMILES string of the molecule is CC1CC(C)N(Cc2cccc(F)c2N)C1. The van der Waals surface area contributed by atoms with Gasteiger partial charge in [0.2, 0.25) is 0 Å². The van der Waals surface area contributed by atoms with E-state index in [1.807, 2.05) is 6.07 Å². The zero-order valence-corrected chi connectivity index (χ0v) is 9.91. The summed E-state index contributed by atoms with van der Waals surface area (Å²) >= 11 is 0. The molecule has 0 saturated carbocycles. The standard InChI is InChI=1S/C13H19FN2/c1-9-6-10(2)16(7-9)8-11-4-3-5-12(14)13(11)15/h3-5,9-10H,6-8,15H2,1-2H3. The van der Waals surface area contributed by atoms with Crippen LogP contribution in [0.2, 0.25) is 0 Å². The number of hydrogen-bond acceptors (Lipinski definition) is 2. The highest BCUT2D eigenvalue weighted by Gasteiger charge is 2.26. The summed E-state index contributed by atoms with van der Waals surface area (Å²) < 4.78 is 13.3. The van der Waals surface area contributed by atoms with Gasteiger partial charge >= 0.3 is 0 Å². The van der Waals surface area contributed by atoms with Crippen LogP contribution in [0.5, 0.6) is 0 Å². The maximum absolute atomic E-state index is 13.3. The van der Waals surface area contributed by atoms with Gasteiger partial charge in [-0.3, -0.25) is 4.90 Å². The molecular weight excluding hydrogens is 203 g/mol. The third-order valence-corrected chi connectivity index (χ3v) is 3.43. The molecule has 1 aliphatic heterocycles. The van der Waals surface area contributed by atoms with E-state index in [1.54, 1.807) is 6.07 Å². The predicted octanol–water partition coefficient (Wildman–Crippen LogP) is 2.64. The highest BCUT2D eigenvalue weighted by atomic mass is 19.1. The van der Waals surface area contributed by atoms with Gasteiger partial charge in [0.15, 0.2) is 0 Å². The summed E-state index contributed by atoms with van der Waals surface area (Å²) in [5, 5.41) is 0. The van der Waals surface area contributed by atoms with Crippen LogP contribution in [0.1, 0.15) is 25.8 Å². The molecule has 0 amide bonds. The van der Waals surface area contributed by atoms with Crippen molar-refractivity contribution in [3.05, 3.63) is 29.6 Å². The first kappa shape index (κ1) is 11.4. The molecule has 2 nitrogen and oxygen atoms in total. The van der Waals surface area contributed by atoms with Crippen LogP contribution in [0.3, 0.4) is 0 Å². The van der Waals surface area contributed by atoms with Gasteiger partial charge in [-0.1, -0.05) is 19.1 Å². The molecule has 2 rings (SSSR count). The van der Waals surface area contributed by atoms with Crippen molar-refractivity contribution in [1.29, 1.82) is 0 Å². The predicted molar refractivity (Wildman–Crippen MR) is 64.5 cm³/mol. The Bertz CT molecular complexity index is 378. The first-order chi connectivity index (χ1) is 7.58. The maximum atomic E-state index is 13.3. The number of rotatable bonds is 2. The molecule has 2 atom stereocenters. The number of nitrogens with two attached hydrogens (primary N) is 1. The molecule has 1 saturated heterocycles. The van der Waals surface area contributed by atoms with Crippen LogP contribution in [-0.2, 0) is 6.54 Å². The van der Waals surface area contributed by atoms with Gasteiger partial charge in [-0.2, -0.15) is 0 Å². The van der Waals surface area contributed by atoms with Crippen molar-refractivity contribution in [3.8, 4) is 0 Å². The van der Waals surface area contributed by atoms with Crippen molar-refractivity contribution in [2.45, 2.75) is 32.9 Å². The molecule has 2 N–H and O–H groups in total. The molecule has 16 heavy (non-hydrogen) atoms. The van der Waals surface area contributed by atoms with E-state index in [-0.39, 0.29) is 5.82 Å². The second-order valence-corrected chi connectivity index (χ2v) is 4.93. The molecule has 1 heterocycles. The van der Waals surface area contributed by atoms with Crippen molar-refractivity contribution in [1.82, 2.24) is 4.90 Å². The summed E-state index contributed by atoms with van der Waals surface area (Å²) in [5.74, 6) is 0.419. The second kappa shape index (κ2) is 4.42. The molecule has 1 aliphatic rings. The lowest BCUT2D eigenvalue weighted by Gasteiger charge is -2.21. The number of nitrogen functional groups attached to an aromatic ring is 1. The lowest BCUT2D eigenvalue weighted by Crippen LogP contribution is -2.27. The van der Waals surface area contributed by atoms with Crippen LogP contribution in [-0.4, -0.2) is 17.5 Å². The molecule has 1 aromatic carbocycles. The summed E-state index contributed by atoms with van der Waals surface area (Å²) in [7, 11) is 0. The average molecular weight is 222 g/mol. The van der Waals surface area contributed by atoms with Crippen molar-refractivity contribution in [2.24, 2.45) is 5.92 Å². The van der Waals surface area contributed by atoms with Crippen molar-refractivity contribution in [3.63, 3.8) is 0 Å². The molecule has 0 bridgehead atoms. The summed E-state index contributed by atoms with van der Waals surface area (Å²) in [6, 6.07) is 5.62. The molecule has 0 aliphatic carbocycles. The molecule has 88 valence electrons. The topological polar surface area (TPSA) is 29.3 Å². The summed E-state index contributed by atoms with van der Waals surface area (Å²) in [6.45, 7) is 6.32. The molecule has 2 unspecified atom stereocenters. The Hall–Kier alpha value is -1.09. The second-order valence-electron chi connectivity index (χ2n) is 4.93. The Balaban J connectivity index is 2.12. The van der Waals surface area contributed by atoms with Gasteiger partial charge in [-0.15, -0.1) is 0 Å². The Labute approximate surface area is 96.2 Å². The third-order valence-electron chi connectivity index (χ3n) is 3.43. The average Bonchev–Trinajstić information content (AvgIpc) is 2.53. The Morgan fingerprint density at radius 1 is 1.44 bits per heavy atom. The normalized spacial score (nSPS) is 26.2. The summed E-state index contributed by atoms with van der Waals surface area (Å²) in [5.41, 5.74) is 6.94. The van der Waals surface area contributed by atoms with Crippen molar-refractivity contribution >= 4 is 5.69 Å². The smallest absolute Gasteiger partial charge is 0.146 e. The molecule has 0 aromatic heterocycles. The number of likely N-dealkylation sites (tertiary alicyclic amines) is 1. The molecule has 0 radical (unpaired) electrons. The zero-order valence-electron chi connectivity index (χ0n) is 9.91. The van der Waals surface area contributed by atoms with Gasteiger partial charge in [0.25, 0.3) is 0 Å². The first-order valence-corrected chi connectivity index (χ1v) is 5.85. The Morgan fingerprint density at radius 3 is 2.81 bits per heavy atom. The van der Waals surface area contributed by atoms with Crippen LogP contribution in [0.15, 0.2) is 18.2 Å². The van der Waals surface area contributed by atoms with Crippen LogP contribution >= 0.6 is 0 Å². The number of nitrogens with zero attached hydrogens (tertiary/aromatic N) is 1. The number of anilines is 1. The van der Waals surface area contributed by atoms with Gasteiger partial charge in [-0.25, -0.2) is 4.39 Å². The first-order valence-electron chi connectivity index (χ1n) is 5.85. The van der Waals surface area contributed by atoms with Crippen molar-refractivity contribution < 1.29 is 4.39 Å². The third kappa shape index (κ3) is 2.19. The number of benzene rings is 1. The lowest BCUT2D eigenvalue weighted by molar-refractivity contribution is 0.257. The van der Waals surface area contributed by atoms with Crippen LogP contribution in [0, 0.1) is 11.7 Å². The van der Waals surface area contributed by atoms with Gasteiger partial charge < -0.3 is 5.73 Å². The van der Waals surface area contributed by atoms with E-state index in [2.05, 4.69) is 18.7 Å². The quantitative estimate of drug-likeness (QED) is 0.779. The van der Waals surface area contributed by atoms with E-state index in [0.29, 0.717) is 11.7 Å².